The van der Waals surface area contributed by atoms with Crippen molar-refractivity contribution in [2.45, 2.75) is 39.0 Å². The summed E-state index contributed by atoms with van der Waals surface area (Å²) in [6, 6.07) is 2.26. The quantitative estimate of drug-likeness (QED) is 0.906. The number of hydrogen-bond acceptors (Lipinski definition) is 3. The zero-order chi connectivity index (χ0) is 12.6. The molecule has 4 heteroatoms. The third-order valence-corrected chi connectivity index (χ3v) is 5.38. The summed E-state index contributed by atoms with van der Waals surface area (Å²) >= 11 is 7.98. The summed E-state index contributed by atoms with van der Waals surface area (Å²) in [6.07, 6.45) is 0.597. The molecule has 96 valence electrons. The molecule has 0 bridgehead atoms. The fraction of sp³-hybridized carbons (Fsp3) is 0.692. The van der Waals surface area contributed by atoms with Crippen molar-refractivity contribution < 1.29 is 4.74 Å². The van der Waals surface area contributed by atoms with Crippen molar-refractivity contribution in [3.05, 3.63) is 21.3 Å². The van der Waals surface area contributed by atoms with Gasteiger partial charge in [0.2, 0.25) is 0 Å². The number of halogens is 1. The van der Waals surface area contributed by atoms with Crippen LogP contribution in [0.4, 0.5) is 0 Å². The molecule has 1 aromatic heterocycles. The third kappa shape index (κ3) is 2.39. The Morgan fingerprint density at radius 1 is 1.35 bits per heavy atom. The van der Waals surface area contributed by atoms with Gasteiger partial charge in [-0.1, -0.05) is 18.5 Å². The highest BCUT2D eigenvalue weighted by Gasteiger charge is 2.42. The van der Waals surface area contributed by atoms with E-state index in [-0.39, 0.29) is 12.1 Å². The molecule has 1 aliphatic heterocycles. The van der Waals surface area contributed by atoms with Crippen LogP contribution in [0.3, 0.4) is 0 Å². The van der Waals surface area contributed by atoms with E-state index >= 15 is 0 Å². The molecule has 0 spiro atoms. The van der Waals surface area contributed by atoms with Gasteiger partial charge in [-0.3, -0.25) is 0 Å². The topological polar surface area (TPSA) is 21.3 Å². The van der Waals surface area contributed by atoms with E-state index in [1.165, 1.54) is 4.88 Å². The second-order valence-corrected chi connectivity index (χ2v) is 6.24. The minimum absolute atomic E-state index is 0.274. The van der Waals surface area contributed by atoms with Crippen LogP contribution in [0.2, 0.25) is 5.02 Å². The molecule has 2 nitrogen and oxygen atoms in total. The minimum atomic E-state index is 0.274. The standard InChI is InChI=1S/C13H20ClNOS/c1-7-8(2)16-9(3)11(7)12(15-4)13-10(14)5-6-17-13/h5-9,11-12,15H,1-4H3. The lowest BCUT2D eigenvalue weighted by Crippen LogP contribution is -2.32. The zero-order valence-corrected chi connectivity index (χ0v) is 12.3. The maximum Gasteiger partial charge on any atom is 0.0600 e. The van der Waals surface area contributed by atoms with Gasteiger partial charge in [0.15, 0.2) is 0 Å². The second kappa shape index (κ2) is 5.27. The van der Waals surface area contributed by atoms with Crippen LogP contribution in [0, 0.1) is 11.8 Å². The van der Waals surface area contributed by atoms with E-state index in [1.54, 1.807) is 11.3 Å². The monoisotopic (exact) mass is 273 g/mol. The Labute approximate surface area is 112 Å². The molecule has 0 radical (unpaired) electrons. The Balaban J connectivity index is 2.27. The third-order valence-electron chi connectivity index (χ3n) is 3.94. The van der Waals surface area contributed by atoms with Crippen LogP contribution >= 0.6 is 22.9 Å². The van der Waals surface area contributed by atoms with Crippen LogP contribution in [-0.2, 0) is 4.74 Å². The average Bonchev–Trinajstić information content (AvgIpc) is 2.79. The Hall–Kier alpha value is -0.0900. The Bertz CT molecular complexity index is 381. The molecule has 0 aromatic carbocycles. The van der Waals surface area contributed by atoms with E-state index in [1.807, 2.05) is 13.1 Å². The van der Waals surface area contributed by atoms with E-state index in [2.05, 4.69) is 31.5 Å². The molecular weight excluding hydrogens is 254 g/mol. The fourth-order valence-corrected chi connectivity index (χ4v) is 4.24. The van der Waals surface area contributed by atoms with Gasteiger partial charge in [0, 0.05) is 16.8 Å². The van der Waals surface area contributed by atoms with E-state index in [0.717, 1.165) is 5.02 Å². The van der Waals surface area contributed by atoms with Crippen molar-refractivity contribution in [1.82, 2.24) is 5.32 Å². The largest absolute Gasteiger partial charge is 0.375 e. The number of nitrogens with one attached hydrogen (secondary N) is 1. The highest BCUT2D eigenvalue weighted by Crippen LogP contribution is 2.43. The smallest absolute Gasteiger partial charge is 0.0600 e. The van der Waals surface area contributed by atoms with Crippen LogP contribution in [0.5, 0.6) is 0 Å². The van der Waals surface area contributed by atoms with Crippen molar-refractivity contribution in [1.29, 1.82) is 0 Å². The summed E-state index contributed by atoms with van der Waals surface area (Å²) in [5.41, 5.74) is 0. The minimum Gasteiger partial charge on any atom is -0.375 e. The first-order valence-electron chi connectivity index (χ1n) is 6.11. The first kappa shape index (κ1) is 13.3. The van der Waals surface area contributed by atoms with E-state index < -0.39 is 0 Å². The predicted molar refractivity (Wildman–Crippen MR) is 73.8 cm³/mol. The maximum atomic E-state index is 6.25. The molecule has 0 aliphatic carbocycles. The number of hydrogen-bond donors (Lipinski definition) is 1. The van der Waals surface area contributed by atoms with Gasteiger partial charge in [-0.15, -0.1) is 11.3 Å². The highest BCUT2D eigenvalue weighted by atomic mass is 35.5. The van der Waals surface area contributed by atoms with Crippen molar-refractivity contribution in [2.24, 2.45) is 11.8 Å². The van der Waals surface area contributed by atoms with Crippen molar-refractivity contribution >= 4 is 22.9 Å². The van der Waals surface area contributed by atoms with Gasteiger partial charge >= 0.3 is 0 Å². The van der Waals surface area contributed by atoms with Gasteiger partial charge in [0.05, 0.1) is 17.2 Å². The molecule has 2 heterocycles. The van der Waals surface area contributed by atoms with Gasteiger partial charge in [-0.2, -0.15) is 0 Å². The highest BCUT2D eigenvalue weighted by molar-refractivity contribution is 7.10. The van der Waals surface area contributed by atoms with Crippen molar-refractivity contribution in [2.75, 3.05) is 7.05 Å². The number of thiophene rings is 1. The van der Waals surface area contributed by atoms with Gasteiger partial charge < -0.3 is 10.1 Å². The van der Waals surface area contributed by atoms with Crippen LogP contribution in [0.15, 0.2) is 11.4 Å². The molecular formula is C13H20ClNOS. The van der Waals surface area contributed by atoms with Crippen molar-refractivity contribution in [3.63, 3.8) is 0 Å². The molecule has 1 fully saturated rings. The summed E-state index contributed by atoms with van der Waals surface area (Å²) < 4.78 is 5.93. The van der Waals surface area contributed by atoms with Gasteiger partial charge in [-0.05, 0) is 38.3 Å². The Morgan fingerprint density at radius 3 is 2.47 bits per heavy atom. The van der Waals surface area contributed by atoms with Crippen molar-refractivity contribution in [3.8, 4) is 0 Å². The lowest BCUT2D eigenvalue weighted by Gasteiger charge is -2.28. The molecule has 5 unspecified atom stereocenters. The molecule has 2 rings (SSSR count). The predicted octanol–water partition coefficient (Wildman–Crippen LogP) is 3.72. The van der Waals surface area contributed by atoms with E-state index in [0.29, 0.717) is 17.9 Å². The molecule has 1 saturated heterocycles. The first-order valence-corrected chi connectivity index (χ1v) is 7.37. The SMILES string of the molecule is CNC(c1sccc1Cl)C1C(C)OC(C)C1C. The summed E-state index contributed by atoms with van der Waals surface area (Å²) in [5, 5.41) is 6.34. The summed E-state index contributed by atoms with van der Waals surface area (Å²) in [7, 11) is 2.00. The number of ether oxygens (including phenoxy) is 1. The normalized spacial score (nSPS) is 35.1. The van der Waals surface area contributed by atoms with Crippen LogP contribution in [-0.4, -0.2) is 19.3 Å². The molecule has 0 amide bonds. The van der Waals surface area contributed by atoms with Crippen LogP contribution < -0.4 is 5.32 Å². The lowest BCUT2D eigenvalue weighted by atomic mass is 9.83. The summed E-state index contributed by atoms with van der Waals surface area (Å²) in [4.78, 5) is 1.23. The molecule has 17 heavy (non-hydrogen) atoms. The Morgan fingerprint density at radius 2 is 2.06 bits per heavy atom. The molecule has 1 aromatic rings. The molecule has 1 aliphatic rings. The van der Waals surface area contributed by atoms with Crippen LogP contribution in [0.1, 0.15) is 31.7 Å². The molecule has 0 saturated carbocycles. The first-order chi connectivity index (χ1) is 8.06. The molecule has 5 atom stereocenters. The second-order valence-electron chi connectivity index (χ2n) is 4.88. The lowest BCUT2D eigenvalue weighted by molar-refractivity contribution is 0.0479. The Kier molecular flexibility index (Phi) is 4.14. The zero-order valence-electron chi connectivity index (χ0n) is 10.7. The maximum absolute atomic E-state index is 6.25. The van der Waals surface area contributed by atoms with Gasteiger partial charge in [0.25, 0.3) is 0 Å². The average molecular weight is 274 g/mol. The van der Waals surface area contributed by atoms with Gasteiger partial charge in [0.1, 0.15) is 0 Å². The van der Waals surface area contributed by atoms with E-state index in [4.69, 9.17) is 16.3 Å². The van der Waals surface area contributed by atoms with E-state index in [9.17, 15) is 0 Å². The fourth-order valence-electron chi connectivity index (χ4n) is 2.89. The summed E-state index contributed by atoms with van der Waals surface area (Å²) in [5.74, 6) is 1.02. The molecule has 1 N–H and O–H groups in total. The summed E-state index contributed by atoms with van der Waals surface area (Å²) in [6.45, 7) is 6.59. The van der Waals surface area contributed by atoms with Crippen LogP contribution in [0.25, 0.3) is 0 Å². The van der Waals surface area contributed by atoms with Gasteiger partial charge in [-0.25, -0.2) is 0 Å². The number of rotatable bonds is 3.